The highest BCUT2D eigenvalue weighted by atomic mass is 32.2. The van der Waals surface area contributed by atoms with Crippen LogP contribution in [0.5, 0.6) is 0 Å². The maximum absolute atomic E-state index is 12.1. The number of rotatable bonds is 4. The Bertz CT molecular complexity index is 551. The highest BCUT2D eigenvalue weighted by Gasteiger charge is 2.52. The third-order valence-corrected chi connectivity index (χ3v) is 4.24. The second kappa shape index (κ2) is 5.20. The Kier molecular flexibility index (Phi) is 3.90. The zero-order valence-corrected chi connectivity index (χ0v) is 12.5. The van der Waals surface area contributed by atoms with Crippen molar-refractivity contribution in [2.75, 3.05) is 6.26 Å². The van der Waals surface area contributed by atoms with Crippen molar-refractivity contribution in [2.24, 2.45) is 23.7 Å². The molecule has 0 aromatic carbocycles. The van der Waals surface area contributed by atoms with Crippen LogP contribution in [-0.4, -0.2) is 32.7 Å². The monoisotopic (exact) mass is 301 g/mol. The van der Waals surface area contributed by atoms with Gasteiger partial charge in [-0.1, -0.05) is 12.2 Å². The zero-order valence-electron chi connectivity index (χ0n) is 11.7. The lowest BCUT2D eigenvalue weighted by Gasteiger charge is -2.26. The number of amides is 1. The normalized spacial score (nSPS) is 31.6. The summed E-state index contributed by atoms with van der Waals surface area (Å²) in [4.78, 5) is 24.3. The minimum Gasteiger partial charge on any atom is -0.463 e. The van der Waals surface area contributed by atoms with Gasteiger partial charge in [-0.05, 0) is 32.1 Å². The number of esters is 1. The van der Waals surface area contributed by atoms with Gasteiger partial charge in [0.2, 0.25) is 15.9 Å². The molecule has 1 N–H and O–H groups in total. The minimum absolute atomic E-state index is 0.0402. The third kappa shape index (κ3) is 3.03. The largest absolute Gasteiger partial charge is 0.463 e. The van der Waals surface area contributed by atoms with Crippen molar-refractivity contribution in [2.45, 2.75) is 26.4 Å². The number of fused-ring (bicyclic) bond motifs is 2. The van der Waals surface area contributed by atoms with Gasteiger partial charge in [-0.2, -0.15) is 0 Å². The fourth-order valence-electron chi connectivity index (χ4n) is 3.06. The van der Waals surface area contributed by atoms with Crippen LogP contribution in [0.15, 0.2) is 12.2 Å². The van der Waals surface area contributed by atoms with E-state index in [0.717, 1.165) is 6.26 Å². The molecule has 2 rings (SSSR count). The number of ether oxygens (including phenoxy) is 1. The fourth-order valence-corrected chi connectivity index (χ4v) is 3.56. The first kappa shape index (κ1) is 15.0. The van der Waals surface area contributed by atoms with Crippen molar-refractivity contribution >= 4 is 21.9 Å². The van der Waals surface area contributed by atoms with Crippen LogP contribution in [0.25, 0.3) is 0 Å². The van der Waals surface area contributed by atoms with Crippen molar-refractivity contribution in [1.29, 1.82) is 0 Å². The van der Waals surface area contributed by atoms with Crippen LogP contribution >= 0.6 is 0 Å². The molecule has 2 bridgehead atoms. The van der Waals surface area contributed by atoms with E-state index < -0.39 is 33.7 Å². The molecule has 0 heterocycles. The van der Waals surface area contributed by atoms with Crippen LogP contribution in [0, 0.1) is 23.7 Å². The predicted octanol–water partition coefficient (Wildman–Crippen LogP) is 0.452. The van der Waals surface area contributed by atoms with Crippen molar-refractivity contribution in [3.05, 3.63) is 12.2 Å². The lowest BCUT2D eigenvalue weighted by Crippen LogP contribution is -2.43. The first-order valence-electron chi connectivity index (χ1n) is 6.59. The van der Waals surface area contributed by atoms with Crippen LogP contribution in [0.1, 0.15) is 20.3 Å². The number of sulfonamides is 1. The summed E-state index contributed by atoms with van der Waals surface area (Å²) in [6, 6.07) is 0. The van der Waals surface area contributed by atoms with Crippen LogP contribution < -0.4 is 4.72 Å². The maximum atomic E-state index is 12.1. The molecule has 112 valence electrons. The molecule has 2 aliphatic rings. The summed E-state index contributed by atoms with van der Waals surface area (Å²) in [7, 11) is -3.63. The molecule has 7 heteroatoms. The molecule has 0 aromatic heterocycles. The van der Waals surface area contributed by atoms with Crippen molar-refractivity contribution < 1.29 is 22.7 Å². The summed E-state index contributed by atoms with van der Waals surface area (Å²) in [6.07, 6.45) is 5.16. The molecule has 0 saturated heterocycles. The summed E-state index contributed by atoms with van der Waals surface area (Å²) in [6.45, 7) is 3.49. The average molecular weight is 301 g/mol. The summed E-state index contributed by atoms with van der Waals surface area (Å²) >= 11 is 0. The van der Waals surface area contributed by atoms with E-state index >= 15 is 0 Å². The molecule has 4 atom stereocenters. The first-order chi connectivity index (χ1) is 9.19. The maximum Gasteiger partial charge on any atom is 0.310 e. The smallest absolute Gasteiger partial charge is 0.310 e. The third-order valence-electron chi connectivity index (χ3n) is 3.67. The van der Waals surface area contributed by atoms with Crippen LogP contribution in [0.2, 0.25) is 0 Å². The second-order valence-electron chi connectivity index (χ2n) is 5.72. The van der Waals surface area contributed by atoms with E-state index in [1.807, 2.05) is 16.9 Å². The van der Waals surface area contributed by atoms with Crippen LogP contribution in [0.4, 0.5) is 0 Å². The SMILES string of the molecule is CC(C)OC(=O)[C@H]1[C@@H](C(=O)NS(C)(=O)=O)[C@H]2C=C[C@@H]1C2. The van der Waals surface area contributed by atoms with Gasteiger partial charge in [-0.15, -0.1) is 0 Å². The van der Waals surface area contributed by atoms with Crippen molar-refractivity contribution in [1.82, 2.24) is 4.72 Å². The highest BCUT2D eigenvalue weighted by Crippen LogP contribution is 2.48. The van der Waals surface area contributed by atoms with Crippen LogP contribution in [0.3, 0.4) is 0 Å². The van der Waals surface area contributed by atoms with Gasteiger partial charge in [0.05, 0.1) is 24.2 Å². The van der Waals surface area contributed by atoms with Gasteiger partial charge in [0.25, 0.3) is 0 Å². The summed E-state index contributed by atoms with van der Waals surface area (Å²) < 4.78 is 29.6. The zero-order chi connectivity index (χ0) is 15.1. The quantitative estimate of drug-likeness (QED) is 0.601. The van der Waals surface area contributed by atoms with E-state index in [1.54, 1.807) is 13.8 Å². The predicted molar refractivity (Wildman–Crippen MR) is 71.9 cm³/mol. The lowest BCUT2D eigenvalue weighted by atomic mass is 9.82. The van der Waals surface area contributed by atoms with Crippen molar-refractivity contribution in [3.8, 4) is 0 Å². The van der Waals surface area contributed by atoms with E-state index in [-0.39, 0.29) is 17.9 Å². The number of hydrogen-bond acceptors (Lipinski definition) is 5. The lowest BCUT2D eigenvalue weighted by molar-refractivity contribution is -0.157. The van der Waals surface area contributed by atoms with Gasteiger partial charge in [0.15, 0.2) is 0 Å². The van der Waals surface area contributed by atoms with E-state index in [0.29, 0.717) is 6.42 Å². The fraction of sp³-hybridized carbons (Fsp3) is 0.692. The molecular weight excluding hydrogens is 282 g/mol. The van der Waals surface area contributed by atoms with Gasteiger partial charge >= 0.3 is 5.97 Å². The molecule has 0 spiro atoms. The van der Waals surface area contributed by atoms with E-state index in [1.165, 1.54) is 0 Å². The summed E-state index contributed by atoms with van der Waals surface area (Å²) in [5.41, 5.74) is 0. The number of carbonyl (C=O) groups is 2. The van der Waals surface area contributed by atoms with E-state index in [4.69, 9.17) is 4.74 Å². The van der Waals surface area contributed by atoms with E-state index in [2.05, 4.69) is 0 Å². The molecule has 1 fully saturated rings. The van der Waals surface area contributed by atoms with Crippen LogP contribution in [-0.2, 0) is 24.3 Å². The number of nitrogens with one attached hydrogen (secondary N) is 1. The number of hydrogen-bond donors (Lipinski definition) is 1. The summed E-state index contributed by atoms with van der Waals surface area (Å²) in [5, 5.41) is 0. The van der Waals surface area contributed by atoms with Gasteiger partial charge < -0.3 is 4.74 Å². The molecular formula is C13H19NO5S. The molecule has 0 aromatic rings. The Labute approximate surface area is 118 Å². The molecule has 1 amide bonds. The molecule has 20 heavy (non-hydrogen) atoms. The van der Waals surface area contributed by atoms with Gasteiger partial charge in [-0.3, -0.25) is 14.3 Å². The molecule has 6 nitrogen and oxygen atoms in total. The van der Waals surface area contributed by atoms with Gasteiger partial charge in [0.1, 0.15) is 0 Å². The molecule has 1 saturated carbocycles. The minimum atomic E-state index is -3.63. The Balaban J connectivity index is 2.19. The average Bonchev–Trinajstić information content (AvgIpc) is 2.84. The molecule has 0 unspecified atom stereocenters. The molecule has 2 aliphatic carbocycles. The Hall–Kier alpha value is -1.37. The summed E-state index contributed by atoms with van der Waals surface area (Å²) in [5.74, 6) is -2.42. The van der Waals surface area contributed by atoms with Gasteiger partial charge in [-0.25, -0.2) is 8.42 Å². The number of carbonyl (C=O) groups excluding carboxylic acids is 2. The highest BCUT2D eigenvalue weighted by molar-refractivity contribution is 7.89. The van der Waals surface area contributed by atoms with E-state index in [9.17, 15) is 18.0 Å². The van der Waals surface area contributed by atoms with Crippen molar-refractivity contribution in [3.63, 3.8) is 0 Å². The Morgan fingerprint density at radius 2 is 1.75 bits per heavy atom. The van der Waals surface area contributed by atoms with Gasteiger partial charge in [0, 0.05) is 0 Å². The standard InChI is InChI=1S/C13H19NO5S/c1-7(2)19-13(16)11-9-5-4-8(6-9)10(11)12(15)14-20(3,17)18/h4-5,7-11H,6H2,1-3H3,(H,14,15)/t8-,9+,10-,11+/m0/s1. The first-order valence-corrected chi connectivity index (χ1v) is 8.48. The Morgan fingerprint density at radius 3 is 2.25 bits per heavy atom. The topological polar surface area (TPSA) is 89.5 Å². The second-order valence-corrected chi connectivity index (χ2v) is 7.47. The molecule has 0 radical (unpaired) electrons. The molecule has 0 aliphatic heterocycles. The number of allylic oxidation sites excluding steroid dienone is 2. The Morgan fingerprint density at radius 1 is 1.20 bits per heavy atom.